The van der Waals surface area contributed by atoms with Crippen molar-refractivity contribution in [1.29, 1.82) is 0 Å². The fourth-order valence-corrected chi connectivity index (χ4v) is 1.17. The number of amides is 1. The van der Waals surface area contributed by atoms with Crippen LogP contribution in [0.25, 0.3) is 0 Å². The predicted molar refractivity (Wildman–Crippen MR) is 61.5 cm³/mol. The molecule has 0 fully saturated rings. The molecule has 15 heavy (non-hydrogen) atoms. The molecule has 0 rings (SSSR count). The van der Waals surface area contributed by atoms with Gasteiger partial charge < -0.3 is 5.32 Å². The number of hydrogen-bond donors (Lipinski definition) is 1. The Balaban J connectivity index is 3.96. The Hall–Kier alpha value is -0.860. The topological polar surface area (TPSA) is 46.2 Å². The number of ketones is 1. The first-order valence-electron chi connectivity index (χ1n) is 5.60. The van der Waals surface area contributed by atoms with Gasteiger partial charge in [0.1, 0.15) is 0 Å². The van der Waals surface area contributed by atoms with Crippen LogP contribution in [-0.4, -0.2) is 18.2 Å². The van der Waals surface area contributed by atoms with E-state index in [0.29, 0.717) is 0 Å². The average Bonchev–Trinajstić information content (AvgIpc) is 2.12. The van der Waals surface area contributed by atoms with Crippen LogP contribution in [0.5, 0.6) is 0 Å². The summed E-state index contributed by atoms with van der Waals surface area (Å²) in [6, 6.07) is 0. The molecule has 0 aromatic carbocycles. The lowest BCUT2D eigenvalue weighted by Gasteiger charge is -2.18. The van der Waals surface area contributed by atoms with Gasteiger partial charge in [-0.2, -0.15) is 0 Å². The van der Waals surface area contributed by atoms with Gasteiger partial charge in [0, 0.05) is 11.3 Å². The minimum Gasteiger partial charge on any atom is -0.349 e. The van der Waals surface area contributed by atoms with Gasteiger partial charge in [-0.1, -0.05) is 41.0 Å². The van der Waals surface area contributed by atoms with E-state index in [-0.39, 0.29) is 29.6 Å². The van der Waals surface area contributed by atoms with E-state index in [2.05, 4.69) is 5.32 Å². The summed E-state index contributed by atoms with van der Waals surface area (Å²) < 4.78 is 0. The first-order valence-corrected chi connectivity index (χ1v) is 5.60. The predicted octanol–water partition coefficient (Wildman–Crippen LogP) is 2.15. The van der Waals surface area contributed by atoms with Gasteiger partial charge >= 0.3 is 0 Å². The first-order chi connectivity index (χ1) is 6.79. The molecular weight excluding hydrogens is 190 g/mol. The molecule has 0 heterocycles. The van der Waals surface area contributed by atoms with Crippen molar-refractivity contribution in [1.82, 2.24) is 5.32 Å². The van der Waals surface area contributed by atoms with Gasteiger partial charge in [0.2, 0.25) is 5.91 Å². The maximum Gasteiger partial charge on any atom is 0.223 e. The summed E-state index contributed by atoms with van der Waals surface area (Å²) in [5.41, 5.74) is -0.374. The van der Waals surface area contributed by atoms with Crippen LogP contribution in [0.1, 0.15) is 47.5 Å². The summed E-state index contributed by atoms with van der Waals surface area (Å²) in [4.78, 5) is 23.0. The molecule has 0 aromatic rings. The molecule has 88 valence electrons. The Morgan fingerprint density at radius 1 is 1.27 bits per heavy atom. The van der Waals surface area contributed by atoms with Gasteiger partial charge in [0.25, 0.3) is 0 Å². The number of hydrogen-bond acceptors (Lipinski definition) is 2. The van der Waals surface area contributed by atoms with Gasteiger partial charge in [-0.3, -0.25) is 9.59 Å². The van der Waals surface area contributed by atoms with Crippen LogP contribution in [0.4, 0.5) is 0 Å². The van der Waals surface area contributed by atoms with Crippen molar-refractivity contribution in [2.24, 2.45) is 11.3 Å². The highest BCUT2D eigenvalue weighted by Gasteiger charge is 2.22. The van der Waals surface area contributed by atoms with E-state index in [1.165, 1.54) is 0 Å². The highest BCUT2D eigenvalue weighted by Crippen LogP contribution is 2.13. The molecule has 1 N–H and O–H groups in total. The van der Waals surface area contributed by atoms with Crippen LogP contribution in [0, 0.1) is 11.3 Å². The number of Topliss-reactive ketones (excluding diaryl/α,β-unsaturated/α-hetero) is 1. The monoisotopic (exact) mass is 213 g/mol. The third-order valence-corrected chi connectivity index (χ3v) is 2.43. The van der Waals surface area contributed by atoms with Crippen LogP contribution in [-0.2, 0) is 9.59 Å². The standard InChI is InChI=1S/C12H23NO2/c1-6-7-9(2)11(15)13-8-10(14)12(3,4)5/h9H,6-8H2,1-5H3,(H,13,15). The molecule has 1 unspecified atom stereocenters. The van der Waals surface area contributed by atoms with Gasteiger partial charge in [-0.05, 0) is 6.42 Å². The Labute approximate surface area is 92.6 Å². The Kier molecular flexibility index (Phi) is 5.55. The SMILES string of the molecule is CCCC(C)C(=O)NCC(=O)C(C)(C)C. The molecule has 0 bridgehead atoms. The highest BCUT2D eigenvalue weighted by atomic mass is 16.2. The summed E-state index contributed by atoms with van der Waals surface area (Å²) >= 11 is 0. The lowest BCUT2D eigenvalue weighted by molar-refractivity contribution is -0.130. The highest BCUT2D eigenvalue weighted by molar-refractivity contribution is 5.89. The van der Waals surface area contributed by atoms with E-state index < -0.39 is 0 Å². The maximum absolute atomic E-state index is 11.5. The zero-order valence-electron chi connectivity index (χ0n) is 10.5. The van der Waals surface area contributed by atoms with Gasteiger partial charge in [0.15, 0.2) is 5.78 Å². The van der Waals surface area contributed by atoms with Gasteiger partial charge in [0.05, 0.1) is 6.54 Å². The fourth-order valence-electron chi connectivity index (χ4n) is 1.17. The van der Waals surface area contributed by atoms with Crippen molar-refractivity contribution in [2.75, 3.05) is 6.54 Å². The molecule has 1 amide bonds. The summed E-state index contributed by atoms with van der Waals surface area (Å²) in [5.74, 6) is 0.0526. The summed E-state index contributed by atoms with van der Waals surface area (Å²) in [7, 11) is 0. The molecule has 3 heteroatoms. The molecule has 1 atom stereocenters. The molecule has 0 radical (unpaired) electrons. The maximum atomic E-state index is 11.5. The minimum absolute atomic E-state index is 0.00256. The van der Waals surface area contributed by atoms with E-state index in [4.69, 9.17) is 0 Å². The van der Waals surface area contributed by atoms with Crippen LogP contribution < -0.4 is 5.32 Å². The third-order valence-electron chi connectivity index (χ3n) is 2.43. The minimum atomic E-state index is -0.374. The molecule has 3 nitrogen and oxygen atoms in total. The molecule has 0 aliphatic carbocycles. The number of carbonyl (C=O) groups excluding carboxylic acids is 2. The van der Waals surface area contributed by atoms with Crippen molar-refractivity contribution in [3.63, 3.8) is 0 Å². The average molecular weight is 213 g/mol. The Bertz CT molecular complexity index is 228. The molecule has 0 spiro atoms. The lowest BCUT2D eigenvalue weighted by atomic mass is 9.91. The van der Waals surface area contributed by atoms with Crippen LogP contribution in [0.15, 0.2) is 0 Å². The fraction of sp³-hybridized carbons (Fsp3) is 0.833. The summed E-state index contributed by atoms with van der Waals surface area (Å²) in [6.07, 6.45) is 1.86. The lowest BCUT2D eigenvalue weighted by Crippen LogP contribution is -2.37. The van der Waals surface area contributed by atoms with Crippen molar-refractivity contribution in [2.45, 2.75) is 47.5 Å². The molecular formula is C12H23NO2. The van der Waals surface area contributed by atoms with E-state index >= 15 is 0 Å². The smallest absolute Gasteiger partial charge is 0.223 e. The second-order valence-electron chi connectivity index (χ2n) is 5.08. The number of carbonyl (C=O) groups is 2. The van der Waals surface area contributed by atoms with Crippen molar-refractivity contribution in [3.05, 3.63) is 0 Å². The third kappa shape index (κ3) is 5.55. The largest absolute Gasteiger partial charge is 0.349 e. The molecule has 0 saturated carbocycles. The van der Waals surface area contributed by atoms with E-state index in [9.17, 15) is 9.59 Å². The van der Waals surface area contributed by atoms with Crippen LogP contribution in [0.2, 0.25) is 0 Å². The van der Waals surface area contributed by atoms with Crippen LogP contribution >= 0.6 is 0 Å². The quantitative estimate of drug-likeness (QED) is 0.760. The zero-order valence-corrected chi connectivity index (χ0v) is 10.5. The van der Waals surface area contributed by atoms with Crippen molar-refractivity contribution < 1.29 is 9.59 Å². The van der Waals surface area contributed by atoms with E-state index in [0.717, 1.165) is 12.8 Å². The van der Waals surface area contributed by atoms with Crippen LogP contribution in [0.3, 0.4) is 0 Å². The molecule has 0 aliphatic rings. The van der Waals surface area contributed by atoms with E-state index in [1.54, 1.807) is 0 Å². The number of rotatable bonds is 5. The summed E-state index contributed by atoms with van der Waals surface area (Å²) in [5, 5.41) is 2.69. The summed E-state index contributed by atoms with van der Waals surface area (Å²) in [6.45, 7) is 9.66. The second-order valence-corrected chi connectivity index (χ2v) is 5.08. The molecule has 0 aliphatic heterocycles. The zero-order chi connectivity index (χ0) is 12.1. The Morgan fingerprint density at radius 3 is 2.20 bits per heavy atom. The number of nitrogens with one attached hydrogen (secondary N) is 1. The van der Waals surface area contributed by atoms with Crippen molar-refractivity contribution >= 4 is 11.7 Å². The molecule has 0 saturated heterocycles. The van der Waals surface area contributed by atoms with Crippen molar-refractivity contribution in [3.8, 4) is 0 Å². The van der Waals surface area contributed by atoms with E-state index in [1.807, 2.05) is 34.6 Å². The molecule has 0 aromatic heterocycles. The first kappa shape index (κ1) is 14.1. The Morgan fingerprint density at radius 2 is 1.80 bits per heavy atom. The van der Waals surface area contributed by atoms with Gasteiger partial charge in [-0.25, -0.2) is 0 Å². The second kappa shape index (κ2) is 5.89. The van der Waals surface area contributed by atoms with Gasteiger partial charge in [-0.15, -0.1) is 0 Å². The normalized spacial score (nSPS) is 13.4.